The molecule has 0 aliphatic carbocycles. The Balaban J connectivity index is 1.29. The van der Waals surface area contributed by atoms with Gasteiger partial charge in [-0.3, -0.25) is 14.6 Å². The standard InChI is InChI=1S/C43H51N5O3/c1-30(2)37-27-35(33-17-11-19-36(26-33)51-25-24-47-21-9-6-10-22-47)28-38(31(3)4)40(37)45-43(50)48(23-13-16-32-14-7-5-8-15-32)39-29-34-18-12-20-44-41(34)46-42(39)49/h5,7-8,11-12,14-15,17-20,26-31H,6,9-10,13,16,21-25H2,1-4H3,(H,45,50)(H,44,46,49). The number of fused-ring (bicyclic) bond motifs is 1. The normalized spacial score (nSPS) is 13.5. The van der Waals surface area contributed by atoms with Crippen LogP contribution in [0, 0.1) is 0 Å². The number of aryl methyl sites for hydroxylation is 1. The molecular weight excluding hydrogens is 635 g/mol. The second kappa shape index (κ2) is 16.8. The van der Waals surface area contributed by atoms with Crippen LogP contribution in [0.15, 0.2) is 95.9 Å². The zero-order chi connectivity index (χ0) is 35.7. The molecule has 0 bridgehead atoms. The highest BCUT2D eigenvalue weighted by Gasteiger charge is 2.24. The molecule has 2 aromatic heterocycles. The summed E-state index contributed by atoms with van der Waals surface area (Å²) < 4.78 is 6.23. The SMILES string of the molecule is CC(C)c1cc(-c2cccc(OCCN3CCCCC3)c2)cc(C(C)C)c1NC(=O)N(CCCc1ccccc1)c1cc2cccnc2[nH]c1=O. The van der Waals surface area contributed by atoms with E-state index in [0.717, 1.165) is 65.1 Å². The Bertz CT molecular complexity index is 1950. The van der Waals surface area contributed by atoms with Crippen molar-refractivity contribution in [2.45, 2.75) is 71.6 Å². The maximum Gasteiger partial charge on any atom is 0.326 e. The van der Waals surface area contributed by atoms with Crippen LogP contribution in [0.3, 0.4) is 0 Å². The summed E-state index contributed by atoms with van der Waals surface area (Å²) in [6, 6.07) is 28.0. The summed E-state index contributed by atoms with van der Waals surface area (Å²) >= 11 is 0. The highest BCUT2D eigenvalue weighted by Crippen LogP contribution is 2.38. The molecule has 0 spiro atoms. The molecule has 5 aromatic rings. The number of H-pyrrole nitrogens is 1. The maximum atomic E-state index is 14.4. The van der Waals surface area contributed by atoms with E-state index in [2.05, 4.69) is 90.3 Å². The van der Waals surface area contributed by atoms with Gasteiger partial charge in [0.25, 0.3) is 5.56 Å². The molecule has 266 valence electrons. The van der Waals surface area contributed by atoms with Crippen molar-refractivity contribution in [2.24, 2.45) is 0 Å². The third-order valence-corrected chi connectivity index (χ3v) is 9.79. The lowest BCUT2D eigenvalue weighted by Crippen LogP contribution is -2.39. The van der Waals surface area contributed by atoms with Crippen molar-refractivity contribution in [3.8, 4) is 16.9 Å². The Morgan fingerprint density at radius 1 is 0.882 bits per heavy atom. The van der Waals surface area contributed by atoms with Crippen LogP contribution in [0.1, 0.15) is 81.9 Å². The van der Waals surface area contributed by atoms with Gasteiger partial charge in [-0.15, -0.1) is 0 Å². The topological polar surface area (TPSA) is 90.6 Å². The van der Waals surface area contributed by atoms with Crippen LogP contribution in [0.25, 0.3) is 22.2 Å². The van der Waals surface area contributed by atoms with Crippen molar-refractivity contribution in [3.05, 3.63) is 118 Å². The average molecular weight is 686 g/mol. The zero-order valence-corrected chi connectivity index (χ0v) is 30.5. The lowest BCUT2D eigenvalue weighted by molar-refractivity contribution is 0.183. The minimum atomic E-state index is -0.349. The minimum Gasteiger partial charge on any atom is -0.492 e. The second-order valence-corrected chi connectivity index (χ2v) is 14.2. The molecule has 0 unspecified atom stereocenters. The summed E-state index contributed by atoms with van der Waals surface area (Å²) in [5.74, 6) is 1.12. The fourth-order valence-electron chi connectivity index (χ4n) is 6.97. The molecule has 2 amide bonds. The third kappa shape index (κ3) is 9.05. The smallest absolute Gasteiger partial charge is 0.326 e. The largest absolute Gasteiger partial charge is 0.492 e. The number of rotatable bonds is 13. The summed E-state index contributed by atoms with van der Waals surface area (Å²) in [7, 11) is 0. The molecule has 3 aromatic carbocycles. The third-order valence-electron chi connectivity index (χ3n) is 9.79. The Morgan fingerprint density at radius 3 is 2.35 bits per heavy atom. The first-order valence-corrected chi connectivity index (χ1v) is 18.5. The van der Waals surface area contributed by atoms with Crippen molar-refractivity contribution in [3.63, 3.8) is 0 Å². The van der Waals surface area contributed by atoms with Gasteiger partial charge >= 0.3 is 6.03 Å². The number of amides is 2. The van der Waals surface area contributed by atoms with E-state index in [1.807, 2.05) is 36.4 Å². The van der Waals surface area contributed by atoms with Gasteiger partial charge in [0.2, 0.25) is 0 Å². The number of likely N-dealkylation sites (tertiary alicyclic amines) is 1. The van der Waals surface area contributed by atoms with E-state index in [4.69, 9.17) is 4.74 Å². The predicted molar refractivity (Wildman–Crippen MR) is 209 cm³/mol. The van der Waals surface area contributed by atoms with E-state index in [1.54, 1.807) is 17.2 Å². The van der Waals surface area contributed by atoms with Gasteiger partial charge in [-0.25, -0.2) is 9.78 Å². The maximum absolute atomic E-state index is 14.4. The number of aromatic amines is 1. The molecule has 1 aliphatic heterocycles. The lowest BCUT2D eigenvalue weighted by atomic mass is 9.88. The highest BCUT2D eigenvalue weighted by molar-refractivity contribution is 6.03. The number of nitrogens with zero attached hydrogens (tertiary/aromatic N) is 3. The number of pyridine rings is 2. The first-order valence-electron chi connectivity index (χ1n) is 18.5. The molecule has 0 atom stereocenters. The van der Waals surface area contributed by atoms with Crippen LogP contribution >= 0.6 is 0 Å². The first-order chi connectivity index (χ1) is 24.8. The Morgan fingerprint density at radius 2 is 1.63 bits per heavy atom. The van der Waals surface area contributed by atoms with Gasteiger partial charge in [0.15, 0.2) is 0 Å². The van der Waals surface area contributed by atoms with E-state index < -0.39 is 0 Å². The van der Waals surface area contributed by atoms with Crippen LogP contribution in [0.2, 0.25) is 0 Å². The summed E-state index contributed by atoms with van der Waals surface area (Å²) in [5.41, 5.74) is 6.67. The quantitative estimate of drug-likeness (QED) is 0.129. The predicted octanol–water partition coefficient (Wildman–Crippen LogP) is 9.37. The van der Waals surface area contributed by atoms with Crippen molar-refractivity contribution in [1.82, 2.24) is 14.9 Å². The lowest BCUT2D eigenvalue weighted by Gasteiger charge is -2.27. The molecule has 8 nitrogen and oxygen atoms in total. The number of anilines is 2. The Hall–Kier alpha value is -4.95. The Labute approximate surface area is 301 Å². The number of hydrogen-bond donors (Lipinski definition) is 2. The van der Waals surface area contributed by atoms with Crippen molar-refractivity contribution >= 4 is 28.4 Å². The van der Waals surface area contributed by atoms with Crippen LogP contribution < -0.4 is 20.5 Å². The molecule has 0 saturated carbocycles. The van der Waals surface area contributed by atoms with Gasteiger partial charge < -0.3 is 15.0 Å². The van der Waals surface area contributed by atoms with Crippen LogP contribution in [-0.2, 0) is 6.42 Å². The molecule has 6 rings (SSSR count). The molecule has 3 heterocycles. The number of carbonyl (C=O) groups is 1. The van der Waals surface area contributed by atoms with Crippen molar-refractivity contribution in [1.29, 1.82) is 0 Å². The molecule has 51 heavy (non-hydrogen) atoms. The minimum absolute atomic E-state index is 0.128. The van der Waals surface area contributed by atoms with Crippen molar-refractivity contribution < 1.29 is 9.53 Å². The average Bonchev–Trinajstić information content (AvgIpc) is 3.14. The zero-order valence-electron chi connectivity index (χ0n) is 30.5. The molecule has 1 aliphatic rings. The summed E-state index contributed by atoms with van der Waals surface area (Å²) in [6.45, 7) is 12.9. The fraction of sp³-hybridized carbons (Fsp3) is 0.372. The van der Waals surface area contributed by atoms with E-state index in [0.29, 0.717) is 30.9 Å². The van der Waals surface area contributed by atoms with Gasteiger partial charge in [-0.1, -0.05) is 76.6 Å². The monoisotopic (exact) mass is 685 g/mol. The number of nitrogens with one attached hydrogen (secondary N) is 2. The molecule has 0 radical (unpaired) electrons. The molecule has 1 saturated heterocycles. The molecule has 8 heteroatoms. The fourth-order valence-corrected chi connectivity index (χ4v) is 6.97. The van der Waals surface area contributed by atoms with Gasteiger partial charge in [-0.2, -0.15) is 0 Å². The van der Waals surface area contributed by atoms with Gasteiger partial charge in [0.05, 0.1) is 0 Å². The summed E-state index contributed by atoms with van der Waals surface area (Å²) in [5, 5.41) is 4.07. The van der Waals surface area contributed by atoms with E-state index in [1.165, 1.54) is 24.8 Å². The van der Waals surface area contributed by atoms with E-state index in [9.17, 15) is 9.59 Å². The van der Waals surface area contributed by atoms with Crippen LogP contribution in [-0.4, -0.2) is 53.7 Å². The first kappa shape index (κ1) is 35.9. The molecule has 1 fully saturated rings. The van der Waals surface area contributed by atoms with E-state index >= 15 is 0 Å². The number of benzene rings is 3. The molecular formula is C43H51N5O3. The number of carbonyl (C=O) groups excluding carboxylic acids is 1. The van der Waals surface area contributed by atoms with E-state index in [-0.39, 0.29) is 23.4 Å². The van der Waals surface area contributed by atoms with Crippen LogP contribution in [0.5, 0.6) is 5.75 Å². The highest BCUT2D eigenvalue weighted by atomic mass is 16.5. The number of urea groups is 1. The van der Waals surface area contributed by atoms with Crippen molar-refractivity contribution in [2.75, 3.05) is 43.0 Å². The molecule has 2 N–H and O–H groups in total. The Kier molecular flexibility index (Phi) is 11.8. The number of ether oxygens (including phenoxy) is 1. The van der Waals surface area contributed by atoms with Crippen LogP contribution in [0.4, 0.5) is 16.2 Å². The number of aromatic nitrogens is 2. The van der Waals surface area contributed by atoms with Gasteiger partial charge in [0, 0.05) is 30.4 Å². The second-order valence-electron chi connectivity index (χ2n) is 14.2. The van der Waals surface area contributed by atoms with Gasteiger partial charge in [-0.05, 0) is 121 Å². The number of hydrogen-bond acceptors (Lipinski definition) is 5. The summed E-state index contributed by atoms with van der Waals surface area (Å²) in [4.78, 5) is 39.2. The summed E-state index contributed by atoms with van der Waals surface area (Å²) in [6.07, 6.45) is 6.98. The van der Waals surface area contributed by atoms with Gasteiger partial charge in [0.1, 0.15) is 23.7 Å². The number of piperidine rings is 1.